The zero-order valence-corrected chi connectivity index (χ0v) is 14.1. The molecule has 2 rings (SSSR count). The molecule has 1 aliphatic carbocycles. The molecule has 126 valence electrons. The van der Waals surface area contributed by atoms with E-state index in [4.69, 9.17) is 21.1 Å². The van der Waals surface area contributed by atoms with Crippen LogP contribution in [0.3, 0.4) is 0 Å². The van der Waals surface area contributed by atoms with Crippen LogP contribution in [0.4, 0.5) is 9.59 Å². The molecule has 23 heavy (non-hydrogen) atoms. The summed E-state index contributed by atoms with van der Waals surface area (Å²) in [6.45, 7) is 5.45. The predicted molar refractivity (Wildman–Crippen MR) is 84.7 cm³/mol. The first-order valence-corrected chi connectivity index (χ1v) is 7.85. The number of ether oxygens (including phenoxy) is 3. The number of carbonyl (C=O) groups is 2. The molecule has 1 unspecified atom stereocenters. The summed E-state index contributed by atoms with van der Waals surface area (Å²) in [7, 11) is 0. The molecule has 0 spiro atoms. The summed E-state index contributed by atoms with van der Waals surface area (Å²) in [5.74, 6) is 0.386. The highest BCUT2D eigenvalue weighted by atomic mass is 35.5. The quantitative estimate of drug-likeness (QED) is 0.512. The number of fused-ring (bicyclic) bond motifs is 1. The van der Waals surface area contributed by atoms with Crippen molar-refractivity contribution in [3.8, 4) is 5.75 Å². The molecular weight excluding hydrogens is 322 g/mol. The number of benzene rings is 1. The van der Waals surface area contributed by atoms with Gasteiger partial charge in [-0.05, 0) is 56.9 Å². The van der Waals surface area contributed by atoms with Crippen molar-refractivity contribution in [1.82, 2.24) is 5.32 Å². The molecule has 1 atom stereocenters. The van der Waals surface area contributed by atoms with Crippen LogP contribution >= 0.6 is 11.6 Å². The maximum Gasteiger partial charge on any atom is 0.515 e. The second-order valence-electron chi connectivity index (χ2n) is 6.20. The van der Waals surface area contributed by atoms with Gasteiger partial charge in [0.05, 0.1) is 6.04 Å². The van der Waals surface area contributed by atoms with Crippen molar-refractivity contribution in [2.75, 3.05) is 6.07 Å². The number of alkyl halides is 1. The second kappa shape index (κ2) is 7.08. The average Bonchev–Trinajstić information content (AvgIpc) is 2.79. The average molecular weight is 342 g/mol. The molecule has 0 fully saturated rings. The maximum absolute atomic E-state index is 11.9. The molecule has 0 heterocycles. The number of alkyl carbamates (subject to hydrolysis) is 1. The Labute approximate surface area is 140 Å². The van der Waals surface area contributed by atoms with Gasteiger partial charge in [-0.1, -0.05) is 17.7 Å². The number of aryl methyl sites for hydroxylation is 1. The lowest BCUT2D eigenvalue weighted by atomic mass is 10.1. The third kappa shape index (κ3) is 5.03. The van der Waals surface area contributed by atoms with Crippen LogP contribution in [-0.4, -0.2) is 23.9 Å². The fraction of sp³-hybridized carbons (Fsp3) is 0.500. The molecule has 6 nitrogen and oxygen atoms in total. The summed E-state index contributed by atoms with van der Waals surface area (Å²) in [6, 6.07) is 4.88. The highest BCUT2D eigenvalue weighted by Crippen LogP contribution is 2.33. The molecule has 1 aliphatic rings. The van der Waals surface area contributed by atoms with Gasteiger partial charge >= 0.3 is 12.2 Å². The number of hydrogen-bond donors (Lipinski definition) is 1. The van der Waals surface area contributed by atoms with E-state index in [0.717, 1.165) is 24.0 Å². The molecule has 0 bridgehead atoms. The Balaban J connectivity index is 2.01. The first-order valence-electron chi connectivity index (χ1n) is 7.31. The maximum atomic E-state index is 11.9. The lowest BCUT2D eigenvalue weighted by molar-refractivity contribution is 0.0503. The highest BCUT2D eigenvalue weighted by molar-refractivity contribution is 6.17. The number of hydrogen-bond acceptors (Lipinski definition) is 5. The van der Waals surface area contributed by atoms with Gasteiger partial charge in [0, 0.05) is 0 Å². The highest BCUT2D eigenvalue weighted by Gasteiger charge is 2.26. The molecule has 0 aromatic heterocycles. The summed E-state index contributed by atoms with van der Waals surface area (Å²) >= 11 is 5.29. The number of halogens is 1. The van der Waals surface area contributed by atoms with Gasteiger partial charge in [0.1, 0.15) is 11.4 Å². The Bertz CT molecular complexity index is 597. The van der Waals surface area contributed by atoms with E-state index in [9.17, 15) is 9.59 Å². The van der Waals surface area contributed by atoms with E-state index in [2.05, 4.69) is 10.1 Å². The first kappa shape index (κ1) is 17.4. The largest absolute Gasteiger partial charge is 0.515 e. The molecule has 7 heteroatoms. The Morgan fingerprint density at radius 3 is 2.74 bits per heavy atom. The summed E-state index contributed by atoms with van der Waals surface area (Å²) in [5, 5.41) is 2.86. The van der Waals surface area contributed by atoms with Gasteiger partial charge in [0.15, 0.2) is 6.07 Å². The SMILES string of the molecule is CC(C)(C)OC(=O)NC1CCc2cc(OC(=O)OCCl)ccc21. The molecule has 1 N–H and O–H groups in total. The fourth-order valence-corrected chi connectivity index (χ4v) is 2.52. The van der Waals surface area contributed by atoms with Crippen LogP contribution < -0.4 is 10.1 Å². The van der Waals surface area contributed by atoms with Crippen molar-refractivity contribution in [2.24, 2.45) is 0 Å². The van der Waals surface area contributed by atoms with Gasteiger partial charge in [-0.15, -0.1) is 0 Å². The lowest BCUT2D eigenvalue weighted by Gasteiger charge is -2.22. The topological polar surface area (TPSA) is 73.9 Å². The Hall–Kier alpha value is -1.95. The minimum Gasteiger partial charge on any atom is -0.444 e. The van der Waals surface area contributed by atoms with E-state index >= 15 is 0 Å². The van der Waals surface area contributed by atoms with Crippen LogP contribution in [0.25, 0.3) is 0 Å². The van der Waals surface area contributed by atoms with E-state index in [-0.39, 0.29) is 12.1 Å². The van der Waals surface area contributed by atoms with E-state index in [1.165, 1.54) is 0 Å². The summed E-state index contributed by atoms with van der Waals surface area (Å²) in [6.07, 6.45) is 0.254. The fourth-order valence-electron chi connectivity index (χ4n) is 2.43. The smallest absolute Gasteiger partial charge is 0.444 e. The Morgan fingerprint density at radius 2 is 2.09 bits per heavy atom. The van der Waals surface area contributed by atoms with Gasteiger partial charge in [0.2, 0.25) is 0 Å². The molecule has 1 aromatic carbocycles. The van der Waals surface area contributed by atoms with Crippen LogP contribution in [0.5, 0.6) is 5.75 Å². The first-order chi connectivity index (χ1) is 10.8. The summed E-state index contributed by atoms with van der Waals surface area (Å²) < 4.78 is 14.8. The Morgan fingerprint density at radius 1 is 1.35 bits per heavy atom. The molecule has 0 saturated heterocycles. The zero-order valence-electron chi connectivity index (χ0n) is 13.3. The van der Waals surface area contributed by atoms with Crippen LogP contribution in [0.1, 0.15) is 44.4 Å². The van der Waals surface area contributed by atoms with Gasteiger partial charge in [-0.3, -0.25) is 0 Å². The Kier molecular flexibility index (Phi) is 5.36. The standard InChI is InChI=1S/C16H20ClNO5/c1-16(2,3)23-14(19)18-13-7-4-10-8-11(5-6-12(10)13)22-15(20)21-9-17/h5-6,8,13H,4,7,9H2,1-3H3,(H,18,19). The van der Waals surface area contributed by atoms with E-state index in [1.807, 2.05) is 26.8 Å². The number of amides is 1. The van der Waals surface area contributed by atoms with Crippen molar-refractivity contribution in [3.63, 3.8) is 0 Å². The van der Waals surface area contributed by atoms with Crippen molar-refractivity contribution < 1.29 is 23.8 Å². The summed E-state index contributed by atoms with van der Waals surface area (Å²) in [4.78, 5) is 23.1. The second-order valence-corrected chi connectivity index (χ2v) is 6.42. The van der Waals surface area contributed by atoms with Crippen molar-refractivity contribution in [2.45, 2.75) is 45.3 Å². The molecule has 0 saturated carbocycles. The van der Waals surface area contributed by atoms with Crippen LogP contribution in [0, 0.1) is 0 Å². The van der Waals surface area contributed by atoms with Crippen LogP contribution in [0.2, 0.25) is 0 Å². The predicted octanol–water partition coefficient (Wildman–Crippen LogP) is 3.91. The van der Waals surface area contributed by atoms with Gasteiger partial charge in [-0.25, -0.2) is 9.59 Å². The molecule has 0 aliphatic heterocycles. The number of carbonyl (C=O) groups excluding carboxylic acids is 2. The van der Waals surface area contributed by atoms with E-state index < -0.39 is 17.8 Å². The number of nitrogens with one attached hydrogen (secondary N) is 1. The molecule has 0 radical (unpaired) electrons. The number of rotatable bonds is 3. The minimum absolute atomic E-state index is 0.108. The summed E-state index contributed by atoms with van der Waals surface area (Å²) in [5.41, 5.74) is 1.47. The minimum atomic E-state index is -0.846. The van der Waals surface area contributed by atoms with Crippen molar-refractivity contribution in [3.05, 3.63) is 29.3 Å². The third-order valence-corrected chi connectivity index (χ3v) is 3.37. The van der Waals surface area contributed by atoms with E-state index in [1.54, 1.807) is 12.1 Å². The third-order valence-electron chi connectivity index (χ3n) is 3.26. The van der Waals surface area contributed by atoms with Crippen molar-refractivity contribution >= 4 is 23.8 Å². The molecular formula is C16H20ClNO5. The van der Waals surface area contributed by atoms with Gasteiger partial charge in [-0.2, -0.15) is 0 Å². The van der Waals surface area contributed by atoms with Gasteiger partial charge < -0.3 is 19.5 Å². The van der Waals surface area contributed by atoms with E-state index in [0.29, 0.717) is 5.75 Å². The van der Waals surface area contributed by atoms with Crippen LogP contribution in [-0.2, 0) is 15.9 Å². The molecule has 1 amide bonds. The monoisotopic (exact) mass is 341 g/mol. The lowest BCUT2D eigenvalue weighted by Crippen LogP contribution is -2.34. The zero-order chi connectivity index (χ0) is 17.0. The van der Waals surface area contributed by atoms with Crippen molar-refractivity contribution in [1.29, 1.82) is 0 Å². The molecule has 1 aromatic rings. The van der Waals surface area contributed by atoms with Crippen LogP contribution in [0.15, 0.2) is 18.2 Å². The van der Waals surface area contributed by atoms with Gasteiger partial charge in [0.25, 0.3) is 0 Å². The normalized spacial score (nSPS) is 16.4.